The first kappa shape index (κ1) is 14.7. The van der Waals surface area contributed by atoms with E-state index in [9.17, 15) is 4.79 Å². The van der Waals surface area contributed by atoms with Crippen LogP contribution in [-0.2, 0) is 23.7 Å². The highest BCUT2D eigenvalue weighted by molar-refractivity contribution is 5.81. The van der Waals surface area contributed by atoms with Crippen LogP contribution in [0.4, 0.5) is 0 Å². The summed E-state index contributed by atoms with van der Waals surface area (Å²) >= 11 is 0. The molecule has 2 rings (SSSR count). The molecule has 0 radical (unpaired) electrons. The van der Waals surface area contributed by atoms with Gasteiger partial charge in [-0.2, -0.15) is 0 Å². The van der Waals surface area contributed by atoms with Crippen molar-refractivity contribution in [1.29, 1.82) is 0 Å². The summed E-state index contributed by atoms with van der Waals surface area (Å²) in [6, 6.07) is 0. The van der Waals surface area contributed by atoms with Gasteiger partial charge in [-0.3, -0.25) is 0 Å². The van der Waals surface area contributed by atoms with E-state index in [4.69, 9.17) is 19.3 Å². The van der Waals surface area contributed by atoms with Crippen molar-refractivity contribution in [3.63, 3.8) is 0 Å². The van der Waals surface area contributed by atoms with Gasteiger partial charge in [-0.1, -0.05) is 6.58 Å². The third-order valence-electron chi connectivity index (χ3n) is 2.01. The first-order valence-corrected chi connectivity index (χ1v) is 5.65. The third-order valence-corrected chi connectivity index (χ3v) is 2.01. The van der Waals surface area contributed by atoms with Gasteiger partial charge < -0.3 is 24.1 Å². The first-order valence-electron chi connectivity index (χ1n) is 5.65. The van der Waals surface area contributed by atoms with Gasteiger partial charge in [0.25, 0.3) is 0 Å². The van der Waals surface area contributed by atoms with Gasteiger partial charge in [0.2, 0.25) is 0 Å². The van der Waals surface area contributed by atoms with E-state index in [2.05, 4.69) is 11.3 Å². The molecule has 2 aliphatic rings. The minimum absolute atomic E-state index is 0.0847. The Bertz CT molecular complexity index is 268. The maximum Gasteiger partial charge on any atom is 0.330 e. The lowest BCUT2D eigenvalue weighted by atomic mass is 10.5. The number of esters is 1. The Balaban J connectivity index is 0.000000180. The standard InChI is InChI=1S/C6H10O3.C6H8O3/c1(5-3-8-5)7-2-6-4-9-6;1-2-6(8)9-5-3-4-7/h5-6H,1-4H2;2-4,7H,1,5H2. The predicted molar refractivity (Wildman–Crippen MR) is 63.2 cm³/mol. The van der Waals surface area contributed by atoms with Crippen LogP contribution >= 0.6 is 0 Å². The van der Waals surface area contributed by atoms with Gasteiger partial charge in [-0.05, 0) is 6.08 Å². The van der Waals surface area contributed by atoms with E-state index in [1.807, 2.05) is 0 Å². The van der Waals surface area contributed by atoms with Gasteiger partial charge >= 0.3 is 5.97 Å². The van der Waals surface area contributed by atoms with Crippen molar-refractivity contribution in [3.8, 4) is 0 Å². The van der Waals surface area contributed by atoms with Gasteiger partial charge in [0.05, 0.1) is 32.7 Å². The van der Waals surface area contributed by atoms with Crippen LogP contribution in [0.15, 0.2) is 25.0 Å². The Hall–Kier alpha value is -1.37. The topological polar surface area (TPSA) is 80.8 Å². The van der Waals surface area contributed by atoms with Crippen molar-refractivity contribution in [2.75, 3.05) is 33.0 Å². The molecule has 0 aromatic heterocycles. The van der Waals surface area contributed by atoms with Crippen molar-refractivity contribution in [3.05, 3.63) is 25.0 Å². The number of aliphatic hydroxyl groups is 1. The smallest absolute Gasteiger partial charge is 0.330 e. The Labute approximate surface area is 106 Å². The summed E-state index contributed by atoms with van der Waals surface area (Å²) in [5.74, 6) is -0.492. The number of aliphatic hydroxyl groups excluding tert-OH is 1. The second-order valence-corrected chi connectivity index (χ2v) is 3.67. The molecule has 2 fully saturated rings. The number of hydrogen-bond acceptors (Lipinski definition) is 6. The fourth-order valence-electron chi connectivity index (χ4n) is 0.892. The summed E-state index contributed by atoms with van der Waals surface area (Å²) in [5.41, 5.74) is 0. The van der Waals surface area contributed by atoms with Gasteiger partial charge in [0, 0.05) is 6.08 Å². The SMILES string of the molecule is C(OCC1CO1)C1CO1.C=CC(=O)OCC=CO. The average molecular weight is 258 g/mol. The van der Waals surface area contributed by atoms with Crippen molar-refractivity contribution in [2.24, 2.45) is 0 Å². The quantitative estimate of drug-likeness (QED) is 0.311. The molecule has 0 amide bonds. The number of ether oxygens (including phenoxy) is 4. The summed E-state index contributed by atoms with van der Waals surface area (Å²) in [7, 11) is 0. The molecule has 2 atom stereocenters. The molecule has 0 bridgehead atoms. The second kappa shape index (κ2) is 8.68. The van der Waals surface area contributed by atoms with Crippen LogP contribution in [0.25, 0.3) is 0 Å². The number of carbonyl (C=O) groups is 1. The molecule has 18 heavy (non-hydrogen) atoms. The van der Waals surface area contributed by atoms with E-state index >= 15 is 0 Å². The van der Waals surface area contributed by atoms with Crippen LogP contribution in [0.2, 0.25) is 0 Å². The molecular weight excluding hydrogens is 240 g/mol. The lowest BCUT2D eigenvalue weighted by molar-refractivity contribution is -0.136. The third kappa shape index (κ3) is 8.74. The molecule has 2 aliphatic heterocycles. The minimum Gasteiger partial charge on any atom is -0.516 e. The summed E-state index contributed by atoms with van der Waals surface area (Å²) in [6.45, 7) is 6.52. The lowest BCUT2D eigenvalue weighted by Crippen LogP contribution is -2.06. The van der Waals surface area contributed by atoms with Gasteiger partial charge in [-0.25, -0.2) is 4.79 Å². The van der Waals surface area contributed by atoms with Crippen LogP contribution in [0.1, 0.15) is 0 Å². The second-order valence-electron chi connectivity index (χ2n) is 3.67. The maximum absolute atomic E-state index is 10.2. The van der Waals surface area contributed by atoms with Crippen LogP contribution < -0.4 is 0 Å². The van der Waals surface area contributed by atoms with Crippen LogP contribution in [0, 0.1) is 0 Å². The highest BCUT2D eigenvalue weighted by Gasteiger charge is 2.26. The zero-order chi connectivity index (χ0) is 13.2. The molecule has 102 valence electrons. The number of rotatable bonds is 7. The fraction of sp³-hybridized carbons (Fsp3) is 0.583. The molecule has 2 saturated heterocycles. The number of hydrogen-bond donors (Lipinski definition) is 1. The zero-order valence-corrected chi connectivity index (χ0v) is 10.1. The molecule has 6 heteroatoms. The van der Waals surface area contributed by atoms with Gasteiger partial charge in [-0.15, -0.1) is 0 Å². The predicted octanol–water partition coefficient (Wildman–Crippen LogP) is 0.588. The summed E-state index contributed by atoms with van der Waals surface area (Å²) in [4.78, 5) is 10.2. The molecule has 0 aliphatic carbocycles. The van der Waals surface area contributed by atoms with Gasteiger partial charge in [0.1, 0.15) is 18.8 Å². The summed E-state index contributed by atoms with van der Waals surface area (Å²) < 4.78 is 19.5. The molecular formula is C12H18O6. The van der Waals surface area contributed by atoms with Crippen LogP contribution in [-0.4, -0.2) is 56.3 Å². The fourth-order valence-corrected chi connectivity index (χ4v) is 0.892. The summed E-state index contributed by atoms with van der Waals surface area (Å²) in [6.07, 6.45) is 3.97. The Morgan fingerprint density at radius 2 is 1.89 bits per heavy atom. The Kier molecular flexibility index (Phi) is 7.09. The maximum atomic E-state index is 10.2. The Morgan fingerprint density at radius 1 is 1.33 bits per heavy atom. The van der Waals surface area contributed by atoms with E-state index < -0.39 is 5.97 Å². The largest absolute Gasteiger partial charge is 0.516 e. The lowest BCUT2D eigenvalue weighted by Gasteiger charge is -1.95. The van der Waals surface area contributed by atoms with E-state index in [0.717, 1.165) is 38.8 Å². The molecule has 6 nitrogen and oxygen atoms in total. The van der Waals surface area contributed by atoms with Gasteiger partial charge in [0.15, 0.2) is 0 Å². The minimum atomic E-state index is -0.492. The molecule has 0 aromatic carbocycles. The summed E-state index contributed by atoms with van der Waals surface area (Å²) in [5, 5.41) is 8.05. The van der Waals surface area contributed by atoms with E-state index in [1.54, 1.807) is 0 Å². The molecule has 0 aromatic rings. The molecule has 2 unspecified atom stereocenters. The molecule has 2 heterocycles. The number of carbonyl (C=O) groups excluding carboxylic acids is 1. The highest BCUT2D eigenvalue weighted by atomic mass is 16.6. The molecule has 0 spiro atoms. The monoisotopic (exact) mass is 258 g/mol. The van der Waals surface area contributed by atoms with Crippen molar-refractivity contribution in [1.82, 2.24) is 0 Å². The average Bonchev–Trinajstić information content (AvgIpc) is 3.24. The van der Waals surface area contributed by atoms with Crippen molar-refractivity contribution >= 4 is 5.97 Å². The molecule has 1 N–H and O–H groups in total. The number of epoxide rings is 2. The normalized spacial score (nSPS) is 24.0. The molecule has 0 saturated carbocycles. The van der Waals surface area contributed by atoms with Crippen molar-refractivity contribution < 1.29 is 28.8 Å². The van der Waals surface area contributed by atoms with E-state index in [0.29, 0.717) is 12.2 Å². The van der Waals surface area contributed by atoms with Crippen molar-refractivity contribution in [2.45, 2.75) is 12.2 Å². The zero-order valence-electron chi connectivity index (χ0n) is 10.1. The van der Waals surface area contributed by atoms with E-state index in [1.165, 1.54) is 6.08 Å². The Morgan fingerprint density at radius 3 is 2.28 bits per heavy atom. The van der Waals surface area contributed by atoms with E-state index in [-0.39, 0.29) is 6.61 Å². The highest BCUT2D eigenvalue weighted by Crippen LogP contribution is 2.12. The van der Waals surface area contributed by atoms with Crippen LogP contribution in [0.3, 0.4) is 0 Å². The first-order chi connectivity index (χ1) is 8.76. The van der Waals surface area contributed by atoms with Crippen LogP contribution in [0.5, 0.6) is 0 Å².